The predicted molar refractivity (Wildman–Crippen MR) is 104 cm³/mol. The van der Waals surface area contributed by atoms with E-state index < -0.39 is 5.72 Å². The molecular formula is C19H20BrN2OS+. The lowest BCUT2D eigenvalue weighted by Crippen LogP contribution is -2.41. The van der Waals surface area contributed by atoms with Crippen molar-refractivity contribution >= 4 is 38.5 Å². The van der Waals surface area contributed by atoms with Crippen LogP contribution in [0.4, 0.5) is 5.69 Å². The molecule has 124 valence electrons. The number of hydrogen-bond acceptors (Lipinski definition) is 3. The monoisotopic (exact) mass is 403 g/mol. The third-order valence-electron chi connectivity index (χ3n) is 4.76. The Kier molecular flexibility index (Phi) is 4.19. The van der Waals surface area contributed by atoms with Crippen LogP contribution in [0.2, 0.25) is 0 Å². The van der Waals surface area contributed by atoms with Crippen LogP contribution in [-0.2, 0) is 5.72 Å². The molecule has 2 heterocycles. The van der Waals surface area contributed by atoms with E-state index in [1.807, 2.05) is 36.0 Å². The smallest absolute Gasteiger partial charge is 0.316 e. The van der Waals surface area contributed by atoms with Gasteiger partial charge in [0.2, 0.25) is 0 Å². The Bertz CT molecular complexity index is 805. The van der Waals surface area contributed by atoms with Gasteiger partial charge in [-0.15, -0.1) is 0 Å². The van der Waals surface area contributed by atoms with Gasteiger partial charge < -0.3 is 5.11 Å². The van der Waals surface area contributed by atoms with Crippen LogP contribution in [0.25, 0.3) is 0 Å². The SMILES string of the molecule is Cc1ccccc1N1C[C@](O)(c2ccc(Br)cc2)[N+]2=C1SCCC2. The van der Waals surface area contributed by atoms with Gasteiger partial charge in [-0.25, -0.2) is 9.48 Å². The standard InChI is InChI=1S/C19H20BrN2OS/c1-14-5-2-3-6-17(14)21-13-19(23,15-7-9-16(20)10-8-15)22-11-4-12-24-18(21)22/h2-3,5-10,23H,4,11-13H2,1H3/q+1/t19-/m0/s1. The second-order valence-electron chi connectivity index (χ2n) is 6.33. The average Bonchev–Trinajstić information content (AvgIpc) is 2.90. The van der Waals surface area contributed by atoms with E-state index in [1.54, 1.807) is 0 Å². The molecular weight excluding hydrogens is 384 g/mol. The lowest BCUT2D eigenvalue weighted by molar-refractivity contribution is -0.656. The number of para-hydroxylation sites is 1. The van der Waals surface area contributed by atoms with E-state index in [-0.39, 0.29) is 0 Å². The third-order valence-corrected chi connectivity index (χ3v) is 6.48. The Morgan fingerprint density at radius 2 is 1.92 bits per heavy atom. The molecule has 0 saturated carbocycles. The van der Waals surface area contributed by atoms with Gasteiger partial charge in [0, 0.05) is 15.8 Å². The Morgan fingerprint density at radius 3 is 2.67 bits per heavy atom. The van der Waals surface area contributed by atoms with Crippen molar-refractivity contribution in [1.29, 1.82) is 0 Å². The van der Waals surface area contributed by atoms with Gasteiger partial charge in [-0.05, 0) is 48.9 Å². The van der Waals surface area contributed by atoms with Crippen LogP contribution in [0.3, 0.4) is 0 Å². The Morgan fingerprint density at radius 1 is 1.17 bits per heavy atom. The van der Waals surface area contributed by atoms with Gasteiger partial charge in [0.15, 0.2) is 6.54 Å². The summed E-state index contributed by atoms with van der Waals surface area (Å²) >= 11 is 5.33. The van der Waals surface area contributed by atoms with Gasteiger partial charge in [0.05, 0.1) is 6.54 Å². The molecule has 2 aromatic carbocycles. The number of thioether (sulfide) groups is 1. The molecule has 1 atom stereocenters. The number of rotatable bonds is 2. The maximum absolute atomic E-state index is 11.6. The minimum absolute atomic E-state index is 0.557. The largest absolute Gasteiger partial charge is 0.346 e. The first-order valence-electron chi connectivity index (χ1n) is 8.18. The molecule has 0 aliphatic carbocycles. The molecule has 0 fully saturated rings. The van der Waals surface area contributed by atoms with E-state index in [0.29, 0.717) is 6.54 Å². The lowest BCUT2D eigenvalue weighted by Gasteiger charge is -2.24. The molecule has 0 aromatic heterocycles. The van der Waals surface area contributed by atoms with Crippen LogP contribution in [0.5, 0.6) is 0 Å². The number of nitrogens with zero attached hydrogens (tertiary/aromatic N) is 2. The van der Waals surface area contributed by atoms with Crippen LogP contribution in [0, 0.1) is 6.92 Å². The molecule has 2 aliphatic rings. The van der Waals surface area contributed by atoms with Crippen molar-refractivity contribution in [3.8, 4) is 0 Å². The van der Waals surface area contributed by atoms with Crippen LogP contribution in [0.1, 0.15) is 17.5 Å². The van der Waals surface area contributed by atoms with Crippen molar-refractivity contribution in [2.45, 2.75) is 19.1 Å². The molecule has 0 radical (unpaired) electrons. The molecule has 5 heteroatoms. The molecule has 2 aromatic rings. The maximum atomic E-state index is 11.6. The number of halogens is 1. The number of aliphatic hydroxyl groups is 1. The third kappa shape index (κ3) is 2.59. The van der Waals surface area contributed by atoms with E-state index in [4.69, 9.17) is 0 Å². The highest BCUT2D eigenvalue weighted by Gasteiger charge is 2.53. The number of amidine groups is 1. The zero-order valence-electron chi connectivity index (χ0n) is 13.6. The summed E-state index contributed by atoms with van der Waals surface area (Å²) in [6.45, 7) is 3.57. The van der Waals surface area contributed by atoms with Crippen molar-refractivity contribution in [3.05, 3.63) is 64.1 Å². The first kappa shape index (κ1) is 16.2. The Labute approximate surface area is 155 Å². The molecule has 2 aliphatic heterocycles. The summed E-state index contributed by atoms with van der Waals surface area (Å²) in [4.78, 5) is 2.28. The van der Waals surface area contributed by atoms with Crippen molar-refractivity contribution in [2.24, 2.45) is 0 Å². The zero-order chi connectivity index (χ0) is 16.7. The fourth-order valence-corrected chi connectivity index (χ4v) is 4.96. The molecule has 0 saturated heterocycles. The van der Waals surface area contributed by atoms with Gasteiger partial charge >= 0.3 is 5.17 Å². The topological polar surface area (TPSA) is 26.5 Å². The van der Waals surface area contributed by atoms with Crippen molar-refractivity contribution in [2.75, 3.05) is 23.7 Å². The van der Waals surface area contributed by atoms with Crippen molar-refractivity contribution < 1.29 is 9.68 Å². The molecule has 0 bridgehead atoms. The van der Waals surface area contributed by atoms with E-state index in [0.717, 1.165) is 28.8 Å². The summed E-state index contributed by atoms with van der Waals surface area (Å²) in [5.74, 6) is 1.10. The summed E-state index contributed by atoms with van der Waals surface area (Å²) in [6, 6.07) is 16.4. The summed E-state index contributed by atoms with van der Waals surface area (Å²) in [7, 11) is 0. The van der Waals surface area contributed by atoms with E-state index in [1.165, 1.54) is 16.4 Å². The van der Waals surface area contributed by atoms with Gasteiger partial charge in [-0.3, -0.25) is 0 Å². The number of aryl methyl sites for hydroxylation is 1. The predicted octanol–water partition coefficient (Wildman–Crippen LogP) is 3.93. The molecule has 24 heavy (non-hydrogen) atoms. The highest BCUT2D eigenvalue weighted by atomic mass is 79.9. The summed E-state index contributed by atoms with van der Waals surface area (Å²) < 4.78 is 3.21. The van der Waals surface area contributed by atoms with E-state index in [2.05, 4.69) is 56.6 Å². The first-order valence-corrected chi connectivity index (χ1v) is 9.96. The normalized spacial score (nSPS) is 23.5. The zero-order valence-corrected chi connectivity index (χ0v) is 16.0. The molecule has 4 rings (SSSR count). The van der Waals surface area contributed by atoms with Crippen molar-refractivity contribution in [1.82, 2.24) is 0 Å². The highest BCUT2D eigenvalue weighted by Crippen LogP contribution is 2.38. The highest BCUT2D eigenvalue weighted by molar-refractivity contribution is 9.10. The number of benzene rings is 2. The molecule has 0 amide bonds. The minimum atomic E-state index is -0.980. The molecule has 1 N–H and O–H groups in total. The van der Waals surface area contributed by atoms with Crippen LogP contribution >= 0.6 is 27.7 Å². The van der Waals surface area contributed by atoms with Crippen LogP contribution in [-0.4, -0.2) is 33.7 Å². The van der Waals surface area contributed by atoms with Gasteiger partial charge in [0.1, 0.15) is 5.69 Å². The number of hydrogen-bond donors (Lipinski definition) is 1. The molecule has 0 spiro atoms. The minimum Gasteiger partial charge on any atom is -0.346 e. The van der Waals surface area contributed by atoms with Gasteiger partial charge in [0.25, 0.3) is 5.72 Å². The lowest BCUT2D eigenvalue weighted by atomic mass is 10.0. The number of anilines is 1. The fraction of sp³-hybridized carbons (Fsp3) is 0.316. The van der Waals surface area contributed by atoms with E-state index in [9.17, 15) is 5.11 Å². The van der Waals surface area contributed by atoms with Gasteiger partial charge in [-0.2, -0.15) is 0 Å². The Balaban J connectivity index is 1.82. The second-order valence-corrected chi connectivity index (χ2v) is 8.31. The van der Waals surface area contributed by atoms with Gasteiger partial charge in [-0.1, -0.05) is 46.3 Å². The van der Waals surface area contributed by atoms with Crippen LogP contribution < -0.4 is 4.90 Å². The second kappa shape index (κ2) is 6.21. The first-order chi connectivity index (χ1) is 11.6. The Hall–Kier alpha value is -1.30. The van der Waals surface area contributed by atoms with E-state index >= 15 is 0 Å². The van der Waals surface area contributed by atoms with Crippen molar-refractivity contribution in [3.63, 3.8) is 0 Å². The summed E-state index contributed by atoms with van der Waals surface area (Å²) in [6.07, 6.45) is 1.09. The summed E-state index contributed by atoms with van der Waals surface area (Å²) in [5, 5.41) is 12.8. The average molecular weight is 404 g/mol. The fourth-order valence-electron chi connectivity index (χ4n) is 3.52. The summed E-state index contributed by atoms with van der Waals surface area (Å²) in [5.41, 5.74) is 2.38. The quantitative estimate of drug-likeness (QED) is 0.769. The maximum Gasteiger partial charge on any atom is 0.316 e. The molecule has 0 unspecified atom stereocenters. The number of β-amino-alcohol motifs (C(OH)–C–C–N with tert-alkyl or cyclic N) is 1. The molecule has 3 nitrogen and oxygen atoms in total. The van der Waals surface area contributed by atoms with Crippen LogP contribution in [0.15, 0.2) is 53.0 Å².